The van der Waals surface area contributed by atoms with Crippen molar-refractivity contribution in [2.75, 3.05) is 13.2 Å². The van der Waals surface area contributed by atoms with Crippen LogP contribution in [0.15, 0.2) is 54.6 Å². The van der Waals surface area contributed by atoms with Gasteiger partial charge in [0.1, 0.15) is 18.8 Å². The average Bonchev–Trinajstić information content (AvgIpc) is 2.94. The van der Waals surface area contributed by atoms with Crippen LogP contribution in [0.1, 0.15) is 27.3 Å². The maximum atomic E-state index is 13.5. The molecule has 0 aliphatic heterocycles. The monoisotopic (exact) mass is 368 g/mol. The molecule has 0 amide bonds. The van der Waals surface area contributed by atoms with E-state index in [1.54, 1.807) is 23.7 Å². The van der Waals surface area contributed by atoms with E-state index < -0.39 is 11.8 Å². The van der Waals surface area contributed by atoms with Gasteiger partial charge in [-0.15, -0.1) is 0 Å². The second-order valence-corrected chi connectivity index (χ2v) is 6.10. The predicted octanol–water partition coefficient (Wildman–Crippen LogP) is 3.92. The van der Waals surface area contributed by atoms with Crippen molar-refractivity contribution in [1.82, 2.24) is 9.78 Å². The lowest BCUT2D eigenvalue weighted by molar-refractivity contribution is 0.0446. The van der Waals surface area contributed by atoms with Crippen LogP contribution in [0.3, 0.4) is 0 Å². The first-order valence-electron chi connectivity index (χ1n) is 8.68. The summed E-state index contributed by atoms with van der Waals surface area (Å²) in [6.45, 7) is 4.30. The number of hydrogen-bond acceptors (Lipinski definition) is 4. The van der Waals surface area contributed by atoms with Crippen LogP contribution in [0, 0.1) is 19.7 Å². The van der Waals surface area contributed by atoms with Crippen LogP contribution < -0.4 is 4.74 Å². The molecule has 140 valence electrons. The standard InChI is InChI=1S/C21H21FN2O3/c1-15-20(16(2)24(23-15)14-17-8-4-3-5-9-17)21(25)27-13-12-26-19-11-7-6-10-18(19)22/h3-11H,12-14H2,1-2H3. The quantitative estimate of drug-likeness (QED) is 0.468. The second kappa shape index (κ2) is 8.49. The van der Waals surface area contributed by atoms with Crippen molar-refractivity contribution in [3.05, 3.63) is 82.9 Å². The van der Waals surface area contributed by atoms with Gasteiger partial charge in [0.05, 0.1) is 17.9 Å². The summed E-state index contributed by atoms with van der Waals surface area (Å²) in [6.07, 6.45) is 0. The molecule has 27 heavy (non-hydrogen) atoms. The second-order valence-electron chi connectivity index (χ2n) is 6.10. The summed E-state index contributed by atoms with van der Waals surface area (Å²) in [5.74, 6) is -0.768. The molecule has 0 saturated carbocycles. The van der Waals surface area contributed by atoms with E-state index in [1.165, 1.54) is 12.1 Å². The van der Waals surface area contributed by atoms with Gasteiger partial charge in [-0.25, -0.2) is 9.18 Å². The molecule has 0 unspecified atom stereocenters. The van der Waals surface area contributed by atoms with Gasteiger partial charge in [-0.3, -0.25) is 4.68 Å². The predicted molar refractivity (Wildman–Crippen MR) is 99.4 cm³/mol. The zero-order chi connectivity index (χ0) is 19.2. The van der Waals surface area contributed by atoms with Crippen LogP contribution in [0.5, 0.6) is 5.75 Å². The molecule has 3 aromatic rings. The van der Waals surface area contributed by atoms with E-state index in [9.17, 15) is 9.18 Å². The van der Waals surface area contributed by atoms with E-state index in [0.717, 1.165) is 11.3 Å². The van der Waals surface area contributed by atoms with Gasteiger partial charge in [0.15, 0.2) is 11.6 Å². The van der Waals surface area contributed by atoms with Crippen molar-refractivity contribution in [3.63, 3.8) is 0 Å². The first-order valence-corrected chi connectivity index (χ1v) is 8.68. The number of aryl methyl sites for hydroxylation is 1. The molecule has 6 heteroatoms. The highest BCUT2D eigenvalue weighted by Gasteiger charge is 2.20. The van der Waals surface area contributed by atoms with E-state index in [0.29, 0.717) is 17.8 Å². The van der Waals surface area contributed by atoms with Crippen LogP contribution in [0.2, 0.25) is 0 Å². The maximum Gasteiger partial charge on any atom is 0.342 e. The van der Waals surface area contributed by atoms with Crippen molar-refractivity contribution in [1.29, 1.82) is 0 Å². The van der Waals surface area contributed by atoms with Gasteiger partial charge in [0.2, 0.25) is 0 Å². The lowest BCUT2D eigenvalue weighted by atomic mass is 10.2. The van der Waals surface area contributed by atoms with Crippen molar-refractivity contribution >= 4 is 5.97 Å². The van der Waals surface area contributed by atoms with Gasteiger partial charge >= 0.3 is 5.97 Å². The number of halogens is 1. The third kappa shape index (κ3) is 4.53. The number of carbonyl (C=O) groups is 1. The number of nitrogens with zero attached hydrogens (tertiary/aromatic N) is 2. The third-order valence-corrected chi connectivity index (χ3v) is 4.17. The summed E-state index contributed by atoms with van der Waals surface area (Å²) in [6, 6.07) is 16.0. The average molecular weight is 368 g/mol. The van der Waals surface area contributed by atoms with Crippen LogP contribution in [-0.2, 0) is 11.3 Å². The van der Waals surface area contributed by atoms with Gasteiger partial charge < -0.3 is 9.47 Å². The number of benzene rings is 2. The molecular weight excluding hydrogens is 347 g/mol. The summed E-state index contributed by atoms with van der Waals surface area (Å²) in [5, 5.41) is 4.45. The largest absolute Gasteiger partial charge is 0.487 e. The van der Waals surface area contributed by atoms with Crippen LogP contribution in [-0.4, -0.2) is 29.0 Å². The summed E-state index contributed by atoms with van der Waals surface area (Å²) < 4.78 is 25.8. The minimum atomic E-state index is -0.457. The molecule has 0 fully saturated rings. The Bertz CT molecular complexity index is 922. The highest BCUT2D eigenvalue weighted by molar-refractivity contribution is 5.91. The number of rotatable bonds is 7. The highest BCUT2D eigenvalue weighted by Crippen LogP contribution is 2.17. The molecule has 0 radical (unpaired) electrons. The van der Waals surface area contributed by atoms with Gasteiger partial charge in [-0.1, -0.05) is 42.5 Å². The van der Waals surface area contributed by atoms with Gasteiger partial charge in [-0.2, -0.15) is 5.10 Å². The molecule has 0 aliphatic rings. The first kappa shape index (κ1) is 18.6. The van der Waals surface area contributed by atoms with E-state index in [4.69, 9.17) is 9.47 Å². The zero-order valence-electron chi connectivity index (χ0n) is 15.3. The summed E-state index contributed by atoms with van der Waals surface area (Å²) in [7, 11) is 0. The summed E-state index contributed by atoms with van der Waals surface area (Å²) >= 11 is 0. The van der Waals surface area contributed by atoms with E-state index >= 15 is 0 Å². The molecule has 1 heterocycles. The molecular formula is C21H21FN2O3. The molecule has 0 bridgehead atoms. The lowest BCUT2D eigenvalue weighted by Crippen LogP contribution is -2.14. The fourth-order valence-electron chi connectivity index (χ4n) is 2.82. The molecule has 0 spiro atoms. The molecule has 3 rings (SSSR count). The molecule has 0 N–H and O–H groups in total. The van der Waals surface area contributed by atoms with Gasteiger partial charge in [0, 0.05) is 0 Å². The molecule has 0 aliphatic carbocycles. The van der Waals surface area contributed by atoms with E-state index in [2.05, 4.69) is 5.10 Å². The van der Waals surface area contributed by atoms with Crippen molar-refractivity contribution in [2.24, 2.45) is 0 Å². The molecule has 5 nitrogen and oxygen atoms in total. The molecule has 0 saturated heterocycles. The Labute approximate surface area is 157 Å². The highest BCUT2D eigenvalue weighted by atomic mass is 19.1. The lowest BCUT2D eigenvalue weighted by Gasteiger charge is -2.08. The Morgan fingerprint density at radius 2 is 1.74 bits per heavy atom. The van der Waals surface area contributed by atoms with Crippen LogP contribution >= 0.6 is 0 Å². The first-order chi connectivity index (χ1) is 13.1. The van der Waals surface area contributed by atoms with Crippen molar-refractivity contribution in [3.8, 4) is 5.75 Å². The Balaban J connectivity index is 1.59. The number of ether oxygens (including phenoxy) is 2. The molecule has 2 aromatic carbocycles. The topological polar surface area (TPSA) is 53.4 Å². The third-order valence-electron chi connectivity index (χ3n) is 4.17. The van der Waals surface area contributed by atoms with E-state index in [-0.39, 0.29) is 19.0 Å². The smallest absolute Gasteiger partial charge is 0.342 e. The Morgan fingerprint density at radius 1 is 1.04 bits per heavy atom. The minimum Gasteiger partial charge on any atom is -0.487 e. The Hall–Kier alpha value is -3.15. The van der Waals surface area contributed by atoms with Gasteiger partial charge in [0.25, 0.3) is 0 Å². The van der Waals surface area contributed by atoms with Crippen molar-refractivity contribution in [2.45, 2.75) is 20.4 Å². The Morgan fingerprint density at radius 3 is 2.48 bits per heavy atom. The minimum absolute atomic E-state index is 0.0237. The normalized spacial score (nSPS) is 10.6. The van der Waals surface area contributed by atoms with Crippen LogP contribution in [0.25, 0.3) is 0 Å². The summed E-state index contributed by atoms with van der Waals surface area (Å²) in [5.41, 5.74) is 2.91. The van der Waals surface area contributed by atoms with Gasteiger partial charge in [-0.05, 0) is 31.5 Å². The molecule has 1 aromatic heterocycles. The zero-order valence-corrected chi connectivity index (χ0v) is 15.3. The number of carbonyl (C=O) groups excluding carboxylic acids is 1. The SMILES string of the molecule is Cc1nn(Cc2ccccc2)c(C)c1C(=O)OCCOc1ccccc1F. The number of hydrogen-bond donors (Lipinski definition) is 0. The number of para-hydroxylation sites is 1. The van der Waals surface area contributed by atoms with E-state index in [1.807, 2.05) is 37.3 Å². The number of aromatic nitrogens is 2. The van der Waals surface area contributed by atoms with Crippen LogP contribution in [0.4, 0.5) is 4.39 Å². The number of esters is 1. The molecule has 0 atom stereocenters. The summed E-state index contributed by atoms with van der Waals surface area (Å²) in [4.78, 5) is 12.4. The van der Waals surface area contributed by atoms with Crippen molar-refractivity contribution < 1.29 is 18.7 Å². The maximum absolute atomic E-state index is 13.5. The fraction of sp³-hybridized carbons (Fsp3) is 0.238. The Kier molecular flexibility index (Phi) is 5.86. The fourth-order valence-corrected chi connectivity index (χ4v) is 2.82.